The summed E-state index contributed by atoms with van der Waals surface area (Å²) in [5, 5.41) is 0.657. The maximum Gasteiger partial charge on any atom is 0.178 e. The van der Waals surface area contributed by atoms with Gasteiger partial charge in [-0.3, -0.25) is 4.98 Å². The molecule has 2 aromatic rings. The molecule has 0 fully saturated rings. The van der Waals surface area contributed by atoms with Crippen LogP contribution >= 0.6 is 23.8 Å². The van der Waals surface area contributed by atoms with E-state index in [0.717, 1.165) is 35.1 Å². The van der Waals surface area contributed by atoms with E-state index in [1.54, 1.807) is 12.4 Å². The Bertz CT molecular complexity index is 573. The Morgan fingerprint density at radius 3 is 2.88 bits per heavy atom. The van der Waals surface area contributed by atoms with Crippen molar-refractivity contribution >= 4 is 34.9 Å². The molecule has 2 heterocycles. The number of halogens is 1. The number of nitrogens with one attached hydrogen (secondary N) is 1. The molecule has 0 bridgehead atoms. The smallest absolute Gasteiger partial charge is 0.178 e. The average Bonchev–Trinajstić information content (AvgIpc) is 2.64. The standard InChI is InChI=1S/C12H16ClN3S/c1-3-5-8(4-2)16-11-9(13)6-14-7-10(11)15-12(16)17/h6-8H,3-5H2,1-2H3,(H,15,17). The van der Waals surface area contributed by atoms with Gasteiger partial charge in [0.1, 0.15) is 0 Å². The minimum Gasteiger partial charge on any atom is -0.329 e. The lowest BCUT2D eigenvalue weighted by Gasteiger charge is -2.17. The molecular weight excluding hydrogens is 254 g/mol. The molecule has 5 heteroatoms. The molecule has 17 heavy (non-hydrogen) atoms. The zero-order valence-corrected chi connectivity index (χ0v) is 11.6. The molecular formula is C12H16ClN3S. The molecule has 0 aromatic carbocycles. The van der Waals surface area contributed by atoms with E-state index in [4.69, 9.17) is 23.8 Å². The van der Waals surface area contributed by atoms with Gasteiger partial charge < -0.3 is 9.55 Å². The molecule has 1 unspecified atom stereocenters. The topological polar surface area (TPSA) is 33.6 Å². The van der Waals surface area contributed by atoms with Crippen LogP contribution in [0.1, 0.15) is 39.2 Å². The number of hydrogen-bond acceptors (Lipinski definition) is 2. The summed E-state index contributed by atoms with van der Waals surface area (Å²) in [6.07, 6.45) is 6.73. The lowest BCUT2D eigenvalue weighted by atomic mass is 10.1. The third kappa shape index (κ3) is 2.24. The largest absolute Gasteiger partial charge is 0.329 e. The van der Waals surface area contributed by atoms with Crippen LogP contribution in [0.3, 0.4) is 0 Å². The summed E-state index contributed by atoms with van der Waals surface area (Å²) in [6, 6.07) is 0.404. The number of fused-ring (bicyclic) bond motifs is 1. The zero-order valence-electron chi connectivity index (χ0n) is 10.0. The quantitative estimate of drug-likeness (QED) is 0.829. The number of pyridine rings is 1. The Morgan fingerprint density at radius 1 is 1.47 bits per heavy atom. The summed E-state index contributed by atoms with van der Waals surface area (Å²) >= 11 is 11.6. The van der Waals surface area contributed by atoms with Gasteiger partial charge in [0.15, 0.2) is 4.77 Å². The predicted molar refractivity (Wildman–Crippen MR) is 74.2 cm³/mol. The van der Waals surface area contributed by atoms with Crippen LogP contribution in [0.25, 0.3) is 11.0 Å². The highest BCUT2D eigenvalue weighted by molar-refractivity contribution is 7.71. The molecule has 0 radical (unpaired) electrons. The number of aromatic amines is 1. The SMILES string of the molecule is CCCC(CC)n1c(=S)[nH]c2cncc(Cl)c21. The maximum absolute atomic E-state index is 6.23. The first-order valence-corrected chi connectivity index (χ1v) is 6.71. The highest BCUT2D eigenvalue weighted by atomic mass is 35.5. The van der Waals surface area contributed by atoms with E-state index in [0.29, 0.717) is 11.1 Å². The number of imidazole rings is 1. The molecule has 0 aliphatic carbocycles. The van der Waals surface area contributed by atoms with Gasteiger partial charge in [0.25, 0.3) is 0 Å². The lowest BCUT2D eigenvalue weighted by molar-refractivity contribution is 0.454. The second kappa shape index (κ2) is 5.19. The van der Waals surface area contributed by atoms with Crippen LogP contribution in [0.5, 0.6) is 0 Å². The van der Waals surface area contributed by atoms with E-state index in [9.17, 15) is 0 Å². The van der Waals surface area contributed by atoms with Crippen LogP contribution in [0.4, 0.5) is 0 Å². The summed E-state index contributed by atoms with van der Waals surface area (Å²) in [7, 11) is 0. The van der Waals surface area contributed by atoms with E-state index in [2.05, 4.69) is 28.4 Å². The monoisotopic (exact) mass is 269 g/mol. The van der Waals surface area contributed by atoms with Crippen molar-refractivity contribution in [2.24, 2.45) is 0 Å². The Balaban J connectivity index is 2.67. The summed E-state index contributed by atoms with van der Waals surface area (Å²) in [4.78, 5) is 7.25. The van der Waals surface area contributed by atoms with Crippen molar-refractivity contribution in [2.75, 3.05) is 0 Å². The minimum atomic E-state index is 0.404. The van der Waals surface area contributed by atoms with Gasteiger partial charge >= 0.3 is 0 Å². The molecule has 92 valence electrons. The molecule has 1 N–H and O–H groups in total. The fraction of sp³-hybridized carbons (Fsp3) is 0.500. The predicted octanol–water partition coefficient (Wildman–Crippen LogP) is 4.50. The summed E-state index contributed by atoms with van der Waals surface area (Å²) in [5.74, 6) is 0. The van der Waals surface area contributed by atoms with Gasteiger partial charge in [-0.1, -0.05) is 31.9 Å². The fourth-order valence-electron chi connectivity index (χ4n) is 2.24. The molecule has 0 aliphatic heterocycles. The average molecular weight is 270 g/mol. The van der Waals surface area contributed by atoms with Crippen LogP contribution in [0, 0.1) is 4.77 Å². The van der Waals surface area contributed by atoms with Gasteiger partial charge in [-0.05, 0) is 25.1 Å². The van der Waals surface area contributed by atoms with Gasteiger partial charge in [-0.15, -0.1) is 0 Å². The van der Waals surface area contributed by atoms with Crippen LogP contribution in [-0.2, 0) is 0 Å². The van der Waals surface area contributed by atoms with E-state index >= 15 is 0 Å². The summed E-state index contributed by atoms with van der Waals surface area (Å²) in [5.41, 5.74) is 1.89. The Hall–Kier alpha value is -0.870. The Kier molecular flexibility index (Phi) is 3.84. The van der Waals surface area contributed by atoms with Crippen molar-refractivity contribution in [3.8, 4) is 0 Å². The maximum atomic E-state index is 6.23. The summed E-state index contributed by atoms with van der Waals surface area (Å²) in [6.45, 7) is 4.36. The van der Waals surface area contributed by atoms with Gasteiger partial charge in [-0.2, -0.15) is 0 Å². The van der Waals surface area contributed by atoms with E-state index in [1.165, 1.54) is 0 Å². The van der Waals surface area contributed by atoms with Crippen LogP contribution in [0.2, 0.25) is 5.02 Å². The second-order valence-corrected chi connectivity index (χ2v) is 4.96. The number of rotatable bonds is 4. The first-order chi connectivity index (χ1) is 8.19. The molecule has 0 saturated carbocycles. The first kappa shape index (κ1) is 12.6. The molecule has 0 saturated heterocycles. The van der Waals surface area contributed by atoms with Crippen molar-refractivity contribution in [3.05, 3.63) is 22.2 Å². The normalized spacial score (nSPS) is 13.1. The lowest BCUT2D eigenvalue weighted by Crippen LogP contribution is -2.08. The van der Waals surface area contributed by atoms with Crippen LogP contribution < -0.4 is 0 Å². The number of aromatic nitrogens is 3. The third-order valence-electron chi connectivity index (χ3n) is 3.03. The van der Waals surface area contributed by atoms with Crippen molar-refractivity contribution < 1.29 is 0 Å². The minimum absolute atomic E-state index is 0.404. The molecule has 2 aromatic heterocycles. The highest BCUT2D eigenvalue weighted by Crippen LogP contribution is 2.28. The Morgan fingerprint density at radius 2 is 2.24 bits per heavy atom. The van der Waals surface area contributed by atoms with Gasteiger partial charge in [0, 0.05) is 12.2 Å². The van der Waals surface area contributed by atoms with Gasteiger partial charge in [-0.25, -0.2) is 0 Å². The van der Waals surface area contributed by atoms with E-state index in [-0.39, 0.29) is 0 Å². The first-order valence-electron chi connectivity index (χ1n) is 5.92. The van der Waals surface area contributed by atoms with Crippen molar-refractivity contribution in [1.29, 1.82) is 0 Å². The molecule has 3 nitrogen and oxygen atoms in total. The number of H-pyrrole nitrogens is 1. The van der Waals surface area contributed by atoms with Crippen LogP contribution in [0.15, 0.2) is 12.4 Å². The van der Waals surface area contributed by atoms with E-state index in [1.807, 2.05) is 0 Å². The third-order valence-corrected chi connectivity index (χ3v) is 3.61. The van der Waals surface area contributed by atoms with Gasteiger partial charge in [0.05, 0.1) is 22.3 Å². The molecule has 0 amide bonds. The molecule has 1 atom stereocenters. The van der Waals surface area contributed by atoms with Crippen molar-refractivity contribution in [1.82, 2.24) is 14.5 Å². The number of hydrogen-bond donors (Lipinski definition) is 1. The van der Waals surface area contributed by atoms with Crippen LogP contribution in [-0.4, -0.2) is 14.5 Å². The fourth-order valence-corrected chi connectivity index (χ4v) is 2.84. The second-order valence-electron chi connectivity index (χ2n) is 4.17. The molecule has 2 rings (SSSR count). The van der Waals surface area contributed by atoms with Gasteiger partial charge in [0.2, 0.25) is 0 Å². The zero-order chi connectivity index (χ0) is 12.4. The molecule has 0 aliphatic rings. The number of nitrogens with zero attached hydrogens (tertiary/aromatic N) is 2. The van der Waals surface area contributed by atoms with E-state index < -0.39 is 0 Å². The summed E-state index contributed by atoms with van der Waals surface area (Å²) < 4.78 is 2.87. The molecule has 0 spiro atoms. The highest BCUT2D eigenvalue weighted by Gasteiger charge is 2.15. The van der Waals surface area contributed by atoms with Crippen molar-refractivity contribution in [2.45, 2.75) is 39.2 Å². The van der Waals surface area contributed by atoms with Crippen molar-refractivity contribution in [3.63, 3.8) is 0 Å². The Labute approximate surface area is 111 Å².